The Labute approximate surface area is 161 Å². The number of rotatable bonds is 3. The van der Waals surface area contributed by atoms with E-state index in [2.05, 4.69) is 0 Å². The zero-order chi connectivity index (χ0) is 21.3. The molecule has 28 heavy (non-hydrogen) atoms. The molecule has 0 amide bonds. The Morgan fingerprint density at radius 2 is 1.75 bits per heavy atom. The number of phenolic OH excluding ortho intramolecular Hbond substituents is 1. The zero-order valence-electron chi connectivity index (χ0n) is 15.4. The highest BCUT2D eigenvalue weighted by Crippen LogP contribution is 2.34. The minimum Gasteiger partial charge on any atom is -0.508 e. The van der Waals surface area contributed by atoms with Gasteiger partial charge in [-0.2, -0.15) is 18.4 Å². The number of hydrogen-bond acceptors (Lipinski definition) is 4. The van der Waals surface area contributed by atoms with Crippen LogP contribution < -0.4 is 0 Å². The molecule has 0 aliphatic rings. The van der Waals surface area contributed by atoms with Crippen LogP contribution in [0.1, 0.15) is 37.5 Å². The number of alkyl halides is 3. The summed E-state index contributed by atoms with van der Waals surface area (Å²) in [4.78, 5) is -1.32. The van der Waals surface area contributed by atoms with E-state index < -0.39 is 36.8 Å². The molecule has 0 heterocycles. The minimum atomic E-state index is -4.71. The van der Waals surface area contributed by atoms with Gasteiger partial charge in [0.2, 0.25) is 9.84 Å². The fraction of sp³-hybridized carbons (Fsp3) is 0.250. The average Bonchev–Trinajstić information content (AvgIpc) is 2.59. The SMILES string of the molecule is CC(C)(C)c1cc(C=C(C#N)S(=O)(=O)c2cccc(C(F)(F)F)c2)ccc1O. The first-order valence-electron chi connectivity index (χ1n) is 8.14. The predicted molar refractivity (Wildman–Crippen MR) is 99.0 cm³/mol. The molecule has 0 saturated heterocycles. The van der Waals surface area contributed by atoms with E-state index in [9.17, 15) is 32.0 Å². The lowest BCUT2D eigenvalue weighted by Gasteiger charge is -2.20. The number of nitrogens with zero attached hydrogens (tertiary/aromatic N) is 1. The fourth-order valence-corrected chi connectivity index (χ4v) is 3.74. The Bertz CT molecular complexity index is 1070. The van der Waals surface area contributed by atoms with Gasteiger partial charge in [-0.3, -0.25) is 0 Å². The third kappa shape index (κ3) is 4.54. The molecule has 1 N–H and O–H groups in total. The molecule has 2 rings (SSSR count). The highest BCUT2D eigenvalue weighted by Gasteiger charge is 2.32. The highest BCUT2D eigenvalue weighted by atomic mass is 32.2. The van der Waals surface area contributed by atoms with Gasteiger partial charge in [0.25, 0.3) is 0 Å². The molecule has 0 radical (unpaired) electrons. The summed E-state index contributed by atoms with van der Waals surface area (Å²) in [5.74, 6) is 0.0175. The van der Waals surface area contributed by atoms with E-state index in [0.29, 0.717) is 17.2 Å². The quantitative estimate of drug-likeness (QED) is 0.720. The number of phenols is 1. The van der Waals surface area contributed by atoms with Gasteiger partial charge in [0.05, 0.1) is 10.5 Å². The van der Waals surface area contributed by atoms with Gasteiger partial charge in [-0.05, 0) is 52.9 Å². The van der Waals surface area contributed by atoms with Crippen molar-refractivity contribution in [3.63, 3.8) is 0 Å². The van der Waals surface area contributed by atoms with E-state index >= 15 is 0 Å². The lowest BCUT2D eigenvalue weighted by Crippen LogP contribution is -2.11. The molecule has 2 aromatic rings. The standard InChI is InChI=1S/C20H18F3NO3S/c1-19(2,3)17-10-13(7-8-18(17)25)9-16(12-24)28(26,27)15-6-4-5-14(11-15)20(21,22)23/h4-11,25H,1-3H3. The third-order valence-electron chi connectivity index (χ3n) is 4.00. The maximum Gasteiger partial charge on any atom is 0.416 e. The van der Waals surface area contributed by atoms with Crippen LogP contribution in [-0.4, -0.2) is 13.5 Å². The first kappa shape index (κ1) is 21.5. The van der Waals surface area contributed by atoms with Crippen molar-refractivity contribution in [3.8, 4) is 11.8 Å². The van der Waals surface area contributed by atoms with Crippen LogP contribution in [0.15, 0.2) is 52.3 Å². The Morgan fingerprint density at radius 3 is 2.29 bits per heavy atom. The van der Waals surface area contributed by atoms with Crippen molar-refractivity contribution in [3.05, 3.63) is 64.1 Å². The molecule has 0 spiro atoms. The maximum atomic E-state index is 12.9. The van der Waals surface area contributed by atoms with Crippen LogP contribution in [-0.2, 0) is 21.4 Å². The van der Waals surface area contributed by atoms with Gasteiger partial charge >= 0.3 is 6.18 Å². The van der Waals surface area contributed by atoms with Crippen LogP contribution in [0.2, 0.25) is 0 Å². The molecule has 0 aliphatic heterocycles. The van der Waals surface area contributed by atoms with E-state index in [-0.39, 0.29) is 5.75 Å². The molecule has 0 fully saturated rings. The Hall–Kier alpha value is -2.79. The topological polar surface area (TPSA) is 78.2 Å². The monoisotopic (exact) mass is 409 g/mol. The van der Waals surface area contributed by atoms with Crippen molar-refractivity contribution in [1.82, 2.24) is 0 Å². The van der Waals surface area contributed by atoms with Crippen molar-refractivity contribution >= 4 is 15.9 Å². The number of benzene rings is 2. The summed E-state index contributed by atoms with van der Waals surface area (Å²) in [7, 11) is -4.45. The Kier molecular flexibility index (Phi) is 5.62. The van der Waals surface area contributed by atoms with Crippen molar-refractivity contribution in [2.75, 3.05) is 0 Å². The van der Waals surface area contributed by atoms with Crippen LogP contribution in [0, 0.1) is 11.3 Å². The van der Waals surface area contributed by atoms with Crippen LogP contribution in [0.4, 0.5) is 13.2 Å². The molecular formula is C20H18F3NO3S. The van der Waals surface area contributed by atoms with Gasteiger partial charge in [-0.1, -0.05) is 32.9 Å². The summed E-state index contributed by atoms with van der Waals surface area (Å²) in [6, 6.07) is 9.11. The van der Waals surface area contributed by atoms with Crippen LogP contribution >= 0.6 is 0 Å². The second-order valence-electron chi connectivity index (χ2n) is 7.18. The van der Waals surface area contributed by atoms with Gasteiger partial charge in [-0.25, -0.2) is 8.42 Å². The van der Waals surface area contributed by atoms with Gasteiger partial charge in [-0.15, -0.1) is 0 Å². The molecule has 0 atom stereocenters. The predicted octanol–water partition coefficient (Wildman–Crippen LogP) is 5.05. The van der Waals surface area contributed by atoms with E-state index in [1.54, 1.807) is 6.07 Å². The summed E-state index contributed by atoms with van der Waals surface area (Å²) < 4.78 is 64.0. The van der Waals surface area contributed by atoms with Gasteiger partial charge < -0.3 is 5.11 Å². The molecule has 2 aromatic carbocycles. The summed E-state index contributed by atoms with van der Waals surface area (Å²) in [5.41, 5.74) is -0.698. The Morgan fingerprint density at radius 1 is 1.11 bits per heavy atom. The summed E-state index contributed by atoms with van der Waals surface area (Å²) in [5, 5.41) is 19.3. The maximum absolute atomic E-state index is 12.9. The highest BCUT2D eigenvalue weighted by molar-refractivity contribution is 7.95. The number of hydrogen-bond donors (Lipinski definition) is 1. The van der Waals surface area contributed by atoms with E-state index in [0.717, 1.165) is 24.3 Å². The molecule has 0 saturated carbocycles. The number of halogens is 3. The summed E-state index contributed by atoms with van der Waals surface area (Å²) in [6.45, 7) is 5.54. The normalized spacial score (nSPS) is 13.2. The Balaban J connectivity index is 2.58. The fourth-order valence-electron chi connectivity index (χ4n) is 2.53. The van der Waals surface area contributed by atoms with Gasteiger partial charge in [0, 0.05) is 0 Å². The van der Waals surface area contributed by atoms with Crippen molar-refractivity contribution in [1.29, 1.82) is 5.26 Å². The zero-order valence-corrected chi connectivity index (χ0v) is 16.2. The molecule has 0 bridgehead atoms. The van der Waals surface area contributed by atoms with E-state index in [1.165, 1.54) is 18.2 Å². The number of allylic oxidation sites excluding steroid dienone is 1. The second-order valence-corrected chi connectivity index (χ2v) is 9.09. The first-order valence-corrected chi connectivity index (χ1v) is 9.63. The average molecular weight is 409 g/mol. The van der Waals surface area contributed by atoms with Crippen LogP contribution in [0.5, 0.6) is 5.75 Å². The summed E-state index contributed by atoms with van der Waals surface area (Å²) >= 11 is 0. The smallest absolute Gasteiger partial charge is 0.416 e. The van der Waals surface area contributed by atoms with Crippen molar-refractivity contribution < 1.29 is 26.7 Å². The van der Waals surface area contributed by atoms with Gasteiger partial charge in [0.15, 0.2) is 0 Å². The molecule has 0 unspecified atom stereocenters. The lowest BCUT2D eigenvalue weighted by molar-refractivity contribution is -0.137. The summed E-state index contributed by atoms with van der Waals surface area (Å²) in [6.07, 6.45) is -3.63. The molecule has 0 aromatic heterocycles. The molecule has 0 aliphatic carbocycles. The lowest BCUT2D eigenvalue weighted by atomic mass is 9.85. The van der Waals surface area contributed by atoms with Crippen LogP contribution in [0.25, 0.3) is 6.08 Å². The molecule has 8 heteroatoms. The first-order chi connectivity index (χ1) is 12.8. The van der Waals surface area contributed by atoms with Crippen LogP contribution in [0.3, 0.4) is 0 Å². The minimum absolute atomic E-state index is 0.0175. The number of nitriles is 1. The third-order valence-corrected chi connectivity index (χ3v) is 5.66. The molecule has 4 nitrogen and oxygen atoms in total. The molecular weight excluding hydrogens is 391 g/mol. The van der Waals surface area contributed by atoms with E-state index in [4.69, 9.17) is 0 Å². The number of sulfone groups is 1. The van der Waals surface area contributed by atoms with E-state index in [1.807, 2.05) is 20.8 Å². The second kappa shape index (κ2) is 7.32. The largest absolute Gasteiger partial charge is 0.508 e. The number of aromatic hydroxyl groups is 1. The molecule has 148 valence electrons. The van der Waals surface area contributed by atoms with Crippen molar-refractivity contribution in [2.24, 2.45) is 0 Å². The van der Waals surface area contributed by atoms with Crippen molar-refractivity contribution in [2.45, 2.75) is 37.3 Å². The van der Waals surface area contributed by atoms with Gasteiger partial charge in [0.1, 0.15) is 16.7 Å².